The van der Waals surface area contributed by atoms with E-state index in [9.17, 15) is 14.0 Å². The fourth-order valence-electron chi connectivity index (χ4n) is 2.06. The van der Waals surface area contributed by atoms with Crippen molar-refractivity contribution in [2.24, 2.45) is 0 Å². The molecule has 1 heterocycles. The number of carbonyl (C=O) groups excluding carboxylic acids is 1. The molecule has 1 aromatic heterocycles. The van der Waals surface area contributed by atoms with Crippen molar-refractivity contribution in [3.05, 3.63) is 37.4 Å². The summed E-state index contributed by atoms with van der Waals surface area (Å²) in [6.07, 6.45) is 1.14. The maximum atomic E-state index is 14.6. The average molecular weight is 420 g/mol. The van der Waals surface area contributed by atoms with Crippen molar-refractivity contribution in [1.29, 1.82) is 0 Å². The minimum Gasteiger partial charge on any atom is -0.462 e. The van der Waals surface area contributed by atoms with E-state index in [0.29, 0.717) is 3.57 Å². The summed E-state index contributed by atoms with van der Waals surface area (Å²) in [5.41, 5.74) is -0.612. The van der Waals surface area contributed by atoms with Gasteiger partial charge in [0.15, 0.2) is 5.82 Å². The van der Waals surface area contributed by atoms with Crippen LogP contribution in [0, 0.1) is 9.39 Å². The van der Waals surface area contributed by atoms with Crippen LogP contribution in [0.15, 0.2) is 17.1 Å². The molecule has 0 amide bonds. The third-order valence-electron chi connectivity index (χ3n) is 3.13. The lowest BCUT2D eigenvalue weighted by Gasteiger charge is -2.19. The summed E-state index contributed by atoms with van der Waals surface area (Å²) in [7, 11) is 1.53. The van der Waals surface area contributed by atoms with Gasteiger partial charge in [0.2, 0.25) is 5.43 Å². The molecular weight excluding hydrogens is 406 g/mol. The zero-order valence-electron chi connectivity index (χ0n) is 11.9. The number of esters is 1. The van der Waals surface area contributed by atoms with Gasteiger partial charge in [0.05, 0.1) is 23.2 Å². The fourth-order valence-corrected chi connectivity index (χ4v) is 3.02. The van der Waals surface area contributed by atoms with Gasteiger partial charge in [-0.05, 0) is 35.6 Å². The second-order valence-corrected chi connectivity index (χ2v) is 5.70. The van der Waals surface area contributed by atoms with Crippen LogP contribution in [0.1, 0.15) is 17.3 Å². The molecule has 1 aromatic carbocycles. The lowest BCUT2D eigenvalue weighted by molar-refractivity contribution is 0.0524. The number of aromatic amines is 1. The molecule has 0 spiro atoms. The number of aliphatic hydroxyl groups excluding tert-OH is 1. The molecular formula is C14H14FIN2O4. The summed E-state index contributed by atoms with van der Waals surface area (Å²) in [5, 5.41) is 9.22. The number of H-pyrrole nitrogens is 1. The maximum absolute atomic E-state index is 14.6. The Labute approximate surface area is 139 Å². The number of hydrogen-bond acceptors (Lipinski definition) is 5. The molecule has 0 radical (unpaired) electrons. The number of ether oxygens (including phenoxy) is 1. The summed E-state index contributed by atoms with van der Waals surface area (Å²) in [6.45, 7) is 1.40. The topological polar surface area (TPSA) is 82.6 Å². The molecule has 118 valence electrons. The third-order valence-corrected chi connectivity index (χ3v) is 3.96. The van der Waals surface area contributed by atoms with Crippen LogP contribution >= 0.6 is 22.6 Å². The second-order valence-electron chi connectivity index (χ2n) is 4.53. The van der Waals surface area contributed by atoms with Gasteiger partial charge in [-0.25, -0.2) is 9.18 Å². The maximum Gasteiger partial charge on any atom is 0.343 e. The number of nitrogens with zero attached hydrogens (tertiary/aromatic N) is 1. The van der Waals surface area contributed by atoms with Crippen LogP contribution in [-0.2, 0) is 4.74 Å². The van der Waals surface area contributed by atoms with Gasteiger partial charge >= 0.3 is 5.97 Å². The van der Waals surface area contributed by atoms with E-state index in [4.69, 9.17) is 9.84 Å². The predicted molar refractivity (Wildman–Crippen MR) is 88.7 cm³/mol. The van der Waals surface area contributed by atoms with Gasteiger partial charge < -0.3 is 19.7 Å². The largest absolute Gasteiger partial charge is 0.462 e. The lowest BCUT2D eigenvalue weighted by atomic mass is 10.1. The minimum absolute atomic E-state index is 0.0197. The fraction of sp³-hybridized carbons (Fsp3) is 0.286. The normalized spacial score (nSPS) is 10.8. The van der Waals surface area contributed by atoms with Crippen LogP contribution in [-0.4, -0.2) is 36.4 Å². The zero-order chi connectivity index (χ0) is 16.4. The Morgan fingerprint density at radius 3 is 2.82 bits per heavy atom. The van der Waals surface area contributed by atoms with E-state index in [1.165, 1.54) is 18.0 Å². The van der Waals surface area contributed by atoms with Crippen molar-refractivity contribution in [2.75, 3.05) is 25.3 Å². The molecule has 2 aromatic rings. The summed E-state index contributed by atoms with van der Waals surface area (Å²) in [4.78, 5) is 28.0. The summed E-state index contributed by atoms with van der Waals surface area (Å²) in [6, 6.07) is 1.47. The summed E-state index contributed by atoms with van der Waals surface area (Å²) >= 11 is 1.87. The SMILES string of the molecule is CCOC(=O)c1c[nH]c2c(F)c(N(C)CO)c(I)cc2c1=O. The molecule has 8 heteroatoms. The van der Waals surface area contributed by atoms with Crippen LogP contribution in [0.25, 0.3) is 10.9 Å². The minimum atomic E-state index is -0.752. The summed E-state index contributed by atoms with van der Waals surface area (Å²) in [5.74, 6) is -1.41. The van der Waals surface area contributed by atoms with Gasteiger partial charge in [-0.15, -0.1) is 0 Å². The number of nitrogens with one attached hydrogen (secondary N) is 1. The number of pyridine rings is 1. The molecule has 0 fully saturated rings. The molecule has 6 nitrogen and oxygen atoms in total. The van der Waals surface area contributed by atoms with Crippen molar-refractivity contribution in [2.45, 2.75) is 6.92 Å². The van der Waals surface area contributed by atoms with Gasteiger partial charge in [-0.2, -0.15) is 0 Å². The highest BCUT2D eigenvalue weighted by Crippen LogP contribution is 2.30. The number of aromatic nitrogens is 1. The number of hydrogen-bond donors (Lipinski definition) is 2. The Balaban J connectivity index is 2.73. The van der Waals surface area contributed by atoms with Crippen molar-refractivity contribution in [3.8, 4) is 0 Å². The molecule has 0 aliphatic rings. The van der Waals surface area contributed by atoms with Crippen molar-refractivity contribution < 1.29 is 19.0 Å². The number of halogens is 2. The Hall–Kier alpha value is -1.68. The monoisotopic (exact) mass is 420 g/mol. The van der Waals surface area contributed by atoms with Gasteiger partial charge in [-0.3, -0.25) is 4.79 Å². The van der Waals surface area contributed by atoms with Crippen molar-refractivity contribution >= 4 is 45.2 Å². The number of benzene rings is 1. The van der Waals surface area contributed by atoms with Crippen LogP contribution in [0.5, 0.6) is 0 Å². The van der Waals surface area contributed by atoms with E-state index in [2.05, 4.69) is 4.98 Å². The second kappa shape index (κ2) is 6.61. The van der Waals surface area contributed by atoms with E-state index in [-0.39, 0.29) is 35.5 Å². The lowest BCUT2D eigenvalue weighted by Crippen LogP contribution is -2.22. The molecule has 0 unspecified atom stereocenters. The number of aliphatic hydroxyl groups is 1. The third kappa shape index (κ3) is 2.80. The van der Waals surface area contributed by atoms with Gasteiger partial charge in [0, 0.05) is 16.8 Å². The van der Waals surface area contributed by atoms with Gasteiger partial charge in [0.25, 0.3) is 0 Å². The van der Waals surface area contributed by atoms with Gasteiger partial charge in [0.1, 0.15) is 12.3 Å². The van der Waals surface area contributed by atoms with Crippen molar-refractivity contribution in [1.82, 2.24) is 4.98 Å². The molecule has 0 saturated heterocycles. The number of fused-ring (bicyclic) bond motifs is 1. The standard InChI is InChI=1S/C14H14FIN2O4/c1-3-22-14(21)8-5-17-11-7(13(8)20)4-9(16)12(10(11)15)18(2)6-19/h4-5,19H,3,6H2,1-2H3,(H,17,20). The van der Waals surface area contributed by atoms with E-state index in [0.717, 1.165) is 6.20 Å². The van der Waals surface area contributed by atoms with Crippen LogP contribution in [0.4, 0.5) is 10.1 Å². The molecule has 0 saturated carbocycles. The first-order valence-corrected chi connectivity index (χ1v) is 7.52. The first-order valence-electron chi connectivity index (χ1n) is 6.44. The van der Waals surface area contributed by atoms with E-state index < -0.39 is 17.2 Å². The highest BCUT2D eigenvalue weighted by molar-refractivity contribution is 14.1. The highest BCUT2D eigenvalue weighted by Gasteiger charge is 2.20. The van der Waals surface area contributed by atoms with E-state index >= 15 is 0 Å². The molecule has 2 rings (SSSR count). The molecule has 0 atom stereocenters. The quantitative estimate of drug-likeness (QED) is 0.448. The number of carbonyl (C=O) groups is 1. The number of anilines is 1. The molecule has 0 aliphatic carbocycles. The highest BCUT2D eigenvalue weighted by atomic mass is 127. The molecule has 0 aliphatic heterocycles. The van der Waals surface area contributed by atoms with Crippen LogP contribution in [0.2, 0.25) is 0 Å². The zero-order valence-corrected chi connectivity index (χ0v) is 14.1. The van der Waals surface area contributed by atoms with E-state index in [1.807, 2.05) is 22.6 Å². The Kier molecular flexibility index (Phi) is 5.01. The van der Waals surface area contributed by atoms with Crippen molar-refractivity contribution in [3.63, 3.8) is 0 Å². The first kappa shape index (κ1) is 16.7. The first-order chi connectivity index (χ1) is 10.4. The van der Waals surface area contributed by atoms with Gasteiger partial charge in [-0.1, -0.05) is 0 Å². The Morgan fingerprint density at radius 1 is 1.55 bits per heavy atom. The Morgan fingerprint density at radius 2 is 2.23 bits per heavy atom. The van der Waals surface area contributed by atoms with Crippen LogP contribution < -0.4 is 10.3 Å². The molecule has 2 N–H and O–H groups in total. The van der Waals surface area contributed by atoms with Crippen LogP contribution in [0.3, 0.4) is 0 Å². The Bertz CT molecular complexity index is 790. The van der Waals surface area contributed by atoms with E-state index in [1.54, 1.807) is 6.92 Å². The smallest absolute Gasteiger partial charge is 0.343 e. The summed E-state index contributed by atoms with van der Waals surface area (Å²) < 4.78 is 19.8. The predicted octanol–water partition coefficient (Wildman–Crippen LogP) is 1.83. The average Bonchev–Trinajstić information content (AvgIpc) is 2.48. The number of rotatable bonds is 4. The molecule has 22 heavy (non-hydrogen) atoms. The molecule has 0 bridgehead atoms.